The predicted molar refractivity (Wildman–Crippen MR) is 166 cm³/mol. The third kappa shape index (κ3) is 7.68. The van der Waals surface area contributed by atoms with Crippen molar-refractivity contribution >= 4 is 58.4 Å². The quantitative estimate of drug-likeness (QED) is 0.279. The Bertz CT molecular complexity index is 1460. The van der Waals surface area contributed by atoms with Gasteiger partial charge in [-0.05, 0) is 81.3 Å². The molecule has 1 saturated heterocycles. The summed E-state index contributed by atoms with van der Waals surface area (Å²) in [6, 6.07) is 18.8. The van der Waals surface area contributed by atoms with E-state index < -0.39 is 11.7 Å². The topological polar surface area (TPSA) is 91.0 Å². The second-order valence-corrected chi connectivity index (χ2v) is 12.4. The number of ether oxygens (including phenoxy) is 1. The molecule has 1 aliphatic heterocycles. The molecule has 0 saturated carbocycles. The maximum Gasteiger partial charge on any atom is 0.426 e. The minimum atomic E-state index is -0.673. The second kappa shape index (κ2) is 13.2. The molecule has 8 nitrogen and oxygen atoms in total. The lowest BCUT2D eigenvalue weighted by molar-refractivity contribution is 0.0509. The Morgan fingerprint density at radius 2 is 1.64 bits per heavy atom. The molecule has 1 heterocycles. The third-order valence-corrected chi connectivity index (χ3v) is 7.99. The Morgan fingerprint density at radius 3 is 2.31 bits per heavy atom. The fraction of sp³-hybridized carbons (Fsp3) is 0.323. The van der Waals surface area contributed by atoms with Crippen LogP contribution in [0.1, 0.15) is 59.4 Å². The Kier molecular flexibility index (Phi) is 9.92. The molecule has 1 fully saturated rings. The number of amides is 3. The molecule has 222 valence electrons. The van der Waals surface area contributed by atoms with E-state index in [1.807, 2.05) is 6.07 Å². The van der Waals surface area contributed by atoms with Gasteiger partial charge in [0, 0.05) is 42.7 Å². The Balaban J connectivity index is 1.58. The van der Waals surface area contributed by atoms with E-state index in [0.29, 0.717) is 51.4 Å². The maximum absolute atomic E-state index is 13.9. The standard InChI is InChI=1S/C31H33Cl3N4O4/c1-31(2,3)42-30(41)36-35-26-8-6-5-7-22(26)29(40)38-16-15-27(23(18-38)20-11-14-24(33)25(34)17-20)37(4)28(39)19-9-12-21(32)13-10-19/h5-14,17,23,27,35H,15-16,18H2,1-4H3,(H,36,41)/t23-,27+/m0/s1. The zero-order valence-corrected chi connectivity index (χ0v) is 26.1. The van der Waals surface area contributed by atoms with E-state index in [4.69, 9.17) is 39.5 Å². The van der Waals surface area contributed by atoms with Crippen molar-refractivity contribution in [3.8, 4) is 0 Å². The average molecular weight is 632 g/mol. The van der Waals surface area contributed by atoms with Crippen LogP contribution in [0.25, 0.3) is 0 Å². The largest absolute Gasteiger partial charge is 0.443 e. The summed E-state index contributed by atoms with van der Waals surface area (Å²) in [6.45, 7) is 6.02. The molecular weight excluding hydrogens is 599 g/mol. The maximum atomic E-state index is 13.9. The SMILES string of the molecule is CN(C(=O)c1ccc(Cl)cc1)[C@@H]1CCN(C(=O)c2ccccc2NNC(=O)OC(C)(C)C)C[C@H]1c1ccc(Cl)c(Cl)c1. The summed E-state index contributed by atoms with van der Waals surface area (Å²) in [6.07, 6.45) is -0.142. The molecule has 0 unspecified atom stereocenters. The first-order valence-corrected chi connectivity index (χ1v) is 14.6. The summed E-state index contributed by atoms with van der Waals surface area (Å²) in [5.41, 5.74) is 6.82. The van der Waals surface area contributed by atoms with Crippen LogP contribution < -0.4 is 10.9 Å². The van der Waals surface area contributed by atoms with Crippen LogP contribution in [0.4, 0.5) is 10.5 Å². The van der Waals surface area contributed by atoms with Crippen molar-refractivity contribution < 1.29 is 19.1 Å². The molecule has 0 radical (unpaired) electrons. The van der Waals surface area contributed by atoms with E-state index in [9.17, 15) is 14.4 Å². The second-order valence-electron chi connectivity index (χ2n) is 11.1. The number of piperidine rings is 1. The first-order chi connectivity index (χ1) is 19.8. The molecule has 3 aromatic rings. The predicted octanol–water partition coefficient (Wildman–Crippen LogP) is 7.27. The molecule has 0 aliphatic carbocycles. The third-order valence-electron chi connectivity index (χ3n) is 7.00. The van der Waals surface area contributed by atoms with E-state index in [0.717, 1.165) is 5.56 Å². The number of nitrogens with one attached hydrogen (secondary N) is 2. The van der Waals surface area contributed by atoms with E-state index >= 15 is 0 Å². The van der Waals surface area contributed by atoms with Crippen molar-refractivity contribution in [3.05, 3.63) is 98.5 Å². The first kappa shape index (κ1) is 31.5. The minimum Gasteiger partial charge on any atom is -0.443 e. The number of para-hydroxylation sites is 1. The molecule has 11 heteroatoms. The van der Waals surface area contributed by atoms with Gasteiger partial charge < -0.3 is 14.5 Å². The highest BCUT2D eigenvalue weighted by atomic mass is 35.5. The van der Waals surface area contributed by atoms with Gasteiger partial charge in [0.15, 0.2) is 0 Å². The summed E-state index contributed by atoms with van der Waals surface area (Å²) in [7, 11) is 1.77. The number of halogens is 3. The normalized spacial score (nSPS) is 16.9. The fourth-order valence-electron chi connectivity index (χ4n) is 4.98. The summed E-state index contributed by atoms with van der Waals surface area (Å²) >= 11 is 18.6. The molecule has 0 bridgehead atoms. The number of carbonyl (C=O) groups excluding carboxylic acids is 3. The summed E-state index contributed by atoms with van der Waals surface area (Å²) < 4.78 is 5.28. The first-order valence-electron chi connectivity index (χ1n) is 13.4. The average Bonchev–Trinajstić information content (AvgIpc) is 2.96. The highest BCUT2D eigenvalue weighted by molar-refractivity contribution is 6.42. The van der Waals surface area contributed by atoms with E-state index in [1.165, 1.54) is 0 Å². The van der Waals surface area contributed by atoms with Gasteiger partial charge in [-0.25, -0.2) is 10.2 Å². The number of hydrogen-bond donors (Lipinski definition) is 2. The van der Waals surface area contributed by atoms with Gasteiger partial charge >= 0.3 is 6.09 Å². The Hall–Kier alpha value is -3.46. The Labute approximate surface area is 260 Å². The van der Waals surface area contributed by atoms with Crippen molar-refractivity contribution in [3.63, 3.8) is 0 Å². The summed E-state index contributed by atoms with van der Waals surface area (Å²) in [5.74, 6) is -0.623. The zero-order chi connectivity index (χ0) is 30.6. The van der Waals surface area contributed by atoms with Gasteiger partial charge in [0.2, 0.25) is 0 Å². The van der Waals surface area contributed by atoms with Crippen molar-refractivity contribution in [1.82, 2.24) is 15.2 Å². The number of rotatable bonds is 6. The van der Waals surface area contributed by atoms with Crippen molar-refractivity contribution in [2.24, 2.45) is 0 Å². The minimum absolute atomic E-state index is 0.149. The fourth-order valence-corrected chi connectivity index (χ4v) is 5.41. The van der Waals surface area contributed by atoms with Crippen LogP contribution in [0.5, 0.6) is 0 Å². The molecule has 0 aromatic heterocycles. The van der Waals surface area contributed by atoms with Gasteiger partial charge in [0.25, 0.3) is 11.8 Å². The van der Waals surface area contributed by atoms with E-state index in [1.54, 1.807) is 98.3 Å². The van der Waals surface area contributed by atoms with Crippen LogP contribution >= 0.6 is 34.8 Å². The summed E-state index contributed by atoms with van der Waals surface area (Å²) in [5, 5.41) is 1.36. The number of hydrazine groups is 1. The smallest absolute Gasteiger partial charge is 0.426 e. The zero-order valence-electron chi connectivity index (χ0n) is 23.8. The Morgan fingerprint density at radius 1 is 0.952 bits per heavy atom. The van der Waals surface area contributed by atoms with Crippen LogP contribution in [-0.4, -0.2) is 59.5 Å². The van der Waals surface area contributed by atoms with Gasteiger partial charge in [0.1, 0.15) is 5.60 Å². The molecule has 4 rings (SSSR count). The van der Waals surface area contributed by atoms with Crippen molar-refractivity contribution in [2.45, 2.75) is 44.8 Å². The molecule has 1 aliphatic rings. The van der Waals surface area contributed by atoms with Crippen molar-refractivity contribution in [2.75, 3.05) is 25.6 Å². The molecule has 3 aromatic carbocycles. The van der Waals surface area contributed by atoms with Crippen LogP contribution in [-0.2, 0) is 4.74 Å². The van der Waals surface area contributed by atoms with Gasteiger partial charge in [-0.2, -0.15) is 0 Å². The van der Waals surface area contributed by atoms with E-state index in [2.05, 4.69) is 10.9 Å². The number of carbonyl (C=O) groups is 3. The highest BCUT2D eigenvalue weighted by Gasteiger charge is 2.37. The lowest BCUT2D eigenvalue weighted by Gasteiger charge is -2.43. The molecular formula is C31H33Cl3N4O4. The number of benzene rings is 3. The van der Waals surface area contributed by atoms with E-state index in [-0.39, 0.29) is 23.8 Å². The van der Waals surface area contributed by atoms with Gasteiger partial charge in [-0.1, -0.05) is 53.0 Å². The lowest BCUT2D eigenvalue weighted by atomic mass is 9.84. The van der Waals surface area contributed by atoms with Crippen LogP contribution in [0.3, 0.4) is 0 Å². The van der Waals surface area contributed by atoms with Crippen LogP contribution in [0.2, 0.25) is 15.1 Å². The van der Waals surface area contributed by atoms with Gasteiger partial charge in [-0.3, -0.25) is 15.0 Å². The number of anilines is 1. The van der Waals surface area contributed by atoms with Crippen LogP contribution in [0.15, 0.2) is 66.7 Å². The molecule has 3 amide bonds. The highest BCUT2D eigenvalue weighted by Crippen LogP contribution is 2.35. The molecule has 2 atom stereocenters. The number of likely N-dealkylation sites (N-methyl/N-ethyl adjacent to an activating group) is 1. The van der Waals surface area contributed by atoms with Crippen LogP contribution in [0, 0.1) is 0 Å². The molecule has 2 N–H and O–H groups in total. The molecule has 42 heavy (non-hydrogen) atoms. The number of hydrogen-bond acceptors (Lipinski definition) is 5. The monoisotopic (exact) mass is 630 g/mol. The summed E-state index contributed by atoms with van der Waals surface area (Å²) in [4.78, 5) is 43.0. The number of likely N-dealkylation sites (tertiary alicyclic amines) is 1. The van der Waals surface area contributed by atoms with Crippen molar-refractivity contribution in [1.29, 1.82) is 0 Å². The lowest BCUT2D eigenvalue weighted by Crippen LogP contribution is -2.52. The van der Waals surface area contributed by atoms with Gasteiger partial charge in [0.05, 0.1) is 21.3 Å². The van der Waals surface area contributed by atoms with Gasteiger partial charge in [-0.15, -0.1) is 0 Å². The molecule has 0 spiro atoms. The number of nitrogens with zero attached hydrogens (tertiary/aromatic N) is 2.